The zero-order chi connectivity index (χ0) is 12.3. The predicted octanol–water partition coefficient (Wildman–Crippen LogP) is -0.308. The second kappa shape index (κ2) is 7.35. The Bertz CT molecular complexity index is 537. The number of rotatable bonds is 4. The zero-order valence-corrected chi connectivity index (χ0v) is 14.4. The van der Waals surface area contributed by atoms with Crippen LogP contribution >= 0.6 is 23.6 Å². The summed E-state index contributed by atoms with van der Waals surface area (Å²) in [5.74, 6) is 0. The van der Waals surface area contributed by atoms with Gasteiger partial charge in [-0.25, -0.2) is 0 Å². The van der Waals surface area contributed by atoms with Crippen LogP contribution in [-0.4, -0.2) is 11.5 Å². The predicted molar refractivity (Wildman–Crippen MR) is 77.7 cm³/mol. The Morgan fingerprint density at radius 3 is 2.72 bits per heavy atom. The number of thiocarbonyl (C=S) groups is 1. The van der Waals surface area contributed by atoms with Gasteiger partial charge in [0.25, 0.3) is 0 Å². The van der Waals surface area contributed by atoms with Gasteiger partial charge in [0.2, 0.25) is 10.5 Å². The number of hydrogen-bond acceptors (Lipinski definition) is 2. The molecule has 1 aromatic carbocycles. The molecule has 0 aliphatic rings. The molecule has 2 rings (SSSR count). The Hall–Kier alpha value is -0.270. The van der Waals surface area contributed by atoms with E-state index >= 15 is 0 Å². The number of para-hydroxylation sites is 1. The van der Waals surface area contributed by atoms with Gasteiger partial charge in [-0.2, -0.15) is 4.57 Å². The molecular weight excluding hydrogens is 375 g/mol. The van der Waals surface area contributed by atoms with Crippen LogP contribution in [0.1, 0.15) is 18.9 Å². The Balaban J connectivity index is 0.00000162. The summed E-state index contributed by atoms with van der Waals surface area (Å²) in [6, 6.07) is 8.53. The number of benzene rings is 1. The first-order valence-corrected chi connectivity index (χ1v) is 7.15. The highest BCUT2D eigenvalue weighted by atomic mass is 127. The average Bonchev–Trinajstić information content (AvgIpc) is 2.66. The molecule has 1 aromatic heterocycles. The molecule has 0 radical (unpaired) electrons. The molecule has 2 nitrogen and oxygen atoms in total. The van der Waals surface area contributed by atoms with Gasteiger partial charge in [0.1, 0.15) is 11.2 Å². The fraction of sp³-hybridized carbons (Fsp3) is 0.385. The molecule has 18 heavy (non-hydrogen) atoms. The molecule has 5 heteroatoms. The minimum atomic E-state index is 0. The van der Waals surface area contributed by atoms with Gasteiger partial charge < -0.3 is 29.3 Å². The van der Waals surface area contributed by atoms with Crippen LogP contribution < -0.4 is 33.9 Å². The maximum Gasteiger partial charge on any atom is 0.245 e. The number of hydrogen-bond donors (Lipinski definition) is 1. The van der Waals surface area contributed by atoms with Crippen LogP contribution in [0.15, 0.2) is 24.3 Å². The third-order valence-corrected chi connectivity index (χ3v) is 4.14. The molecule has 1 heterocycles. The van der Waals surface area contributed by atoms with Crippen molar-refractivity contribution in [2.75, 3.05) is 6.54 Å². The minimum absolute atomic E-state index is 0. The quantitative estimate of drug-likeness (QED) is 0.437. The van der Waals surface area contributed by atoms with Crippen LogP contribution in [0.2, 0.25) is 0 Å². The number of fused-ring (bicyclic) bond motifs is 1. The van der Waals surface area contributed by atoms with E-state index in [2.05, 4.69) is 48.0 Å². The Morgan fingerprint density at radius 1 is 1.33 bits per heavy atom. The van der Waals surface area contributed by atoms with Crippen LogP contribution in [0.3, 0.4) is 0 Å². The molecular formula is C13H17IN2S2. The first kappa shape index (κ1) is 15.8. The number of nitrogens with zero attached hydrogens (tertiary/aromatic N) is 1. The molecule has 0 aliphatic carbocycles. The number of aromatic nitrogens is 1. The lowest BCUT2D eigenvalue weighted by Gasteiger charge is -2.01. The molecule has 0 atom stereocenters. The second-order valence-corrected chi connectivity index (χ2v) is 5.45. The lowest BCUT2D eigenvalue weighted by molar-refractivity contribution is -0.670. The summed E-state index contributed by atoms with van der Waals surface area (Å²) in [5, 5.41) is 4.55. The van der Waals surface area contributed by atoms with E-state index in [1.54, 1.807) is 0 Å². The van der Waals surface area contributed by atoms with Crippen LogP contribution in [0.4, 0.5) is 0 Å². The number of likely N-dealkylation sites (N-methyl/N-ethyl adjacent to an activating group) is 1. The maximum absolute atomic E-state index is 5.33. The van der Waals surface area contributed by atoms with E-state index in [1.807, 2.05) is 11.3 Å². The summed E-state index contributed by atoms with van der Waals surface area (Å²) >= 11 is 7.17. The molecule has 0 saturated carbocycles. The fourth-order valence-electron chi connectivity index (χ4n) is 1.96. The smallest absolute Gasteiger partial charge is 0.245 e. The van der Waals surface area contributed by atoms with E-state index in [4.69, 9.17) is 12.2 Å². The van der Waals surface area contributed by atoms with Crippen LogP contribution in [0.5, 0.6) is 0 Å². The SMILES string of the molecule is CCNC(=S)Cc1sc2ccccc2[n+]1CC.[I-]. The third kappa shape index (κ3) is 3.39. The molecule has 0 fully saturated rings. The molecule has 2 aromatic rings. The van der Waals surface area contributed by atoms with Gasteiger partial charge in [0.05, 0.1) is 11.4 Å². The van der Waals surface area contributed by atoms with E-state index in [0.29, 0.717) is 0 Å². The van der Waals surface area contributed by atoms with Crippen LogP contribution in [-0.2, 0) is 13.0 Å². The maximum atomic E-state index is 5.33. The Kier molecular flexibility index (Phi) is 6.45. The van der Waals surface area contributed by atoms with Crippen molar-refractivity contribution in [3.63, 3.8) is 0 Å². The Labute approximate surface area is 134 Å². The molecule has 0 unspecified atom stereocenters. The normalized spacial score (nSPS) is 10.1. The number of aryl methyl sites for hydroxylation is 1. The van der Waals surface area contributed by atoms with Crippen molar-refractivity contribution in [1.82, 2.24) is 5.32 Å². The van der Waals surface area contributed by atoms with Crippen molar-refractivity contribution in [1.29, 1.82) is 0 Å². The van der Waals surface area contributed by atoms with Gasteiger partial charge in [0.15, 0.2) is 0 Å². The van der Waals surface area contributed by atoms with E-state index < -0.39 is 0 Å². The van der Waals surface area contributed by atoms with Crippen LogP contribution in [0.25, 0.3) is 10.2 Å². The summed E-state index contributed by atoms with van der Waals surface area (Å²) in [5.41, 5.74) is 1.31. The van der Waals surface area contributed by atoms with Crippen molar-refractivity contribution >= 4 is 38.8 Å². The van der Waals surface area contributed by atoms with Gasteiger partial charge in [0, 0.05) is 12.6 Å². The van der Waals surface area contributed by atoms with Gasteiger partial charge in [-0.3, -0.25) is 0 Å². The molecule has 0 bridgehead atoms. The van der Waals surface area contributed by atoms with Gasteiger partial charge in [-0.1, -0.05) is 35.7 Å². The summed E-state index contributed by atoms with van der Waals surface area (Å²) in [6.45, 7) is 6.15. The highest BCUT2D eigenvalue weighted by Crippen LogP contribution is 2.20. The first-order chi connectivity index (χ1) is 8.26. The van der Waals surface area contributed by atoms with Gasteiger partial charge in [-0.05, 0) is 19.9 Å². The molecule has 98 valence electrons. The Morgan fingerprint density at radius 2 is 2.06 bits per heavy atom. The first-order valence-electron chi connectivity index (χ1n) is 5.93. The van der Waals surface area contributed by atoms with Gasteiger partial charge >= 0.3 is 0 Å². The third-order valence-electron chi connectivity index (χ3n) is 2.69. The minimum Gasteiger partial charge on any atom is -1.00 e. The molecule has 0 spiro atoms. The monoisotopic (exact) mass is 392 g/mol. The van der Waals surface area contributed by atoms with Crippen molar-refractivity contribution in [3.8, 4) is 0 Å². The summed E-state index contributed by atoms with van der Waals surface area (Å²) in [4.78, 5) is 0.932. The number of thiazole rings is 1. The van der Waals surface area contributed by atoms with Crippen LogP contribution in [0, 0.1) is 0 Å². The lowest BCUT2D eigenvalue weighted by atomic mass is 10.3. The largest absolute Gasteiger partial charge is 1.00 e. The lowest BCUT2D eigenvalue weighted by Crippen LogP contribution is -3.00. The zero-order valence-electron chi connectivity index (χ0n) is 10.6. The number of halogens is 1. The van der Waals surface area contributed by atoms with Crippen molar-refractivity contribution < 1.29 is 28.5 Å². The highest BCUT2D eigenvalue weighted by molar-refractivity contribution is 7.80. The van der Waals surface area contributed by atoms with E-state index in [1.165, 1.54) is 15.2 Å². The van der Waals surface area contributed by atoms with E-state index in [9.17, 15) is 0 Å². The molecule has 0 saturated heterocycles. The van der Waals surface area contributed by atoms with E-state index in [-0.39, 0.29) is 24.0 Å². The van der Waals surface area contributed by atoms with Gasteiger partial charge in [-0.15, -0.1) is 0 Å². The molecule has 0 aliphatic heterocycles. The van der Waals surface area contributed by atoms with E-state index in [0.717, 1.165) is 24.5 Å². The summed E-state index contributed by atoms with van der Waals surface area (Å²) < 4.78 is 3.69. The standard InChI is InChI=1S/C13H16N2S2.HI/c1-3-14-12(16)9-13-15(4-2)10-7-5-6-8-11(10)17-13;/h5-8H,3-4,9H2,1-2H3;1H. The average molecular weight is 392 g/mol. The summed E-state index contributed by atoms with van der Waals surface area (Å²) in [7, 11) is 0. The second-order valence-electron chi connectivity index (χ2n) is 3.84. The number of nitrogens with one attached hydrogen (secondary N) is 1. The topological polar surface area (TPSA) is 15.9 Å². The fourth-order valence-corrected chi connectivity index (χ4v) is 3.57. The highest BCUT2D eigenvalue weighted by Gasteiger charge is 2.19. The van der Waals surface area contributed by atoms with Crippen molar-refractivity contribution in [3.05, 3.63) is 29.3 Å². The summed E-state index contributed by atoms with van der Waals surface area (Å²) in [6.07, 6.45) is 0.844. The molecule has 0 amide bonds. The van der Waals surface area contributed by atoms with Crippen molar-refractivity contribution in [2.45, 2.75) is 26.8 Å². The van der Waals surface area contributed by atoms with Crippen molar-refractivity contribution in [2.24, 2.45) is 0 Å². The molecule has 1 N–H and O–H groups in total.